The van der Waals surface area contributed by atoms with Crippen molar-refractivity contribution in [2.24, 2.45) is 7.05 Å². The second-order valence-corrected chi connectivity index (χ2v) is 5.02. The van der Waals surface area contributed by atoms with Crippen molar-refractivity contribution in [3.8, 4) is 0 Å². The molecule has 0 amide bonds. The third kappa shape index (κ3) is 3.33. The molecule has 4 nitrogen and oxygen atoms in total. The van der Waals surface area contributed by atoms with E-state index in [0.717, 1.165) is 24.2 Å². The SMILES string of the molecule is CCNC(Cc1cc(C)nn1C)c1ccncc1Cl. The van der Waals surface area contributed by atoms with Crippen LogP contribution in [0.1, 0.15) is 29.9 Å². The van der Waals surface area contributed by atoms with E-state index < -0.39 is 0 Å². The second-order valence-electron chi connectivity index (χ2n) is 4.61. The molecule has 0 fully saturated rings. The molecule has 2 heterocycles. The molecule has 0 saturated heterocycles. The summed E-state index contributed by atoms with van der Waals surface area (Å²) < 4.78 is 1.93. The van der Waals surface area contributed by atoms with E-state index in [1.807, 2.05) is 24.7 Å². The molecule has 0 radical (unpaired) electrons. The fraction of sp³-hybridized carbons (Fsp3) is 0.429. The smallest absolute Gasteiger partial charge is 0.0637 e. The van der Waals surface area contributed by atoms with E-state index in [1.165, 1.54) is 5.69 Å². The predicted octanol–water partition coefficient (Wildman–Crippen LogP) is 2.67. The monoisotopic (exact) mass is 278 g/mol. The minimum atomic E-state index is 0.176. The summed E-state index contributed by atoms with van der Waals surface area (Å²) in [6.45, 7) is 4.99. The maximum atomic E-state index is 6.24. The molecule has 1 unspecified atom stereocenters. The zero-order valence-electron chi connectivity index (χ0n) is 11.5. The van der Waals surface area contributed by atoms with Gasteiger partial charge in [-0.15, -0.1) is 0 Å². The Morgan fingerprint density at radius 1 is 1.47 bits per heavy atom. The maximum absolute atomic E-state index is 6.24. The molecule has 102 valence electrons. The third-order valence-corrected chi connectivity index (χ3v) is 3.46. The topological polar surface area (TPSA) is 42.7 Å². The number of rotatable bonds is 5. The lowest BCUT2D eigenvalue weighted by atomic mass is 10.0. The molecule has 1 atom stereocenters. The Hall–Kier alpha value is -1.39. The van der Waals surface area contributed by atoms with Crippen molar-refractivity contribution in [2.45, 2.75) is 26.3 Å². The highest BCUT2D eigenvalue weighted by Gasteiger charge is 2.16. The minimum absolute atomic E-state index is 0.176. The number of likely N-dealkylation sites (N-methyl/N-ethyl adjacent to an activating group) is 1. The summed E-state index contributed by atoms with van der Waals surface area (Å²) >= 11 is 6.24. The van der Waals surface area contributed by atoms with Gasteiger partial charge in [0.1, 0.15) is 0 Å². The number of nitrogens with one attached hydrogen (secondary N) is 1. The number of aryl methyl sites for hydroxylation is 2. The van der Waals surface area contributed by atoms with Gasteiger partial charge in [0.2, 0.25) is 0 Å². The van der Waals surface area contributed by atoms with Gasteiger partial charge in [0.25, 0.3) is 0 Å². The molecule has 2 rings (SSSR count). The van der Waals surface area contributed by atoms with Gasteiger partial charge in [0.15, 0.2) is 0 Å². The largest absolute Gasteiger partial charge is 0.310 e. The maximum Gasteiger partial charge on any atom is 0.0637 e. The molecule has 0 spiro atoms. The van der Waals surface area contributed by atoms with Crippen LogP contribution >= 0.6 is 11.6 Å². The van der Waals surface area contributed by atoms with Gasteiger partial charge in [-0.3, -0.25) is 9.67 Å². The molecule has 1 N–H and O–H groups in total. The van der Waals surface area contributed by atoms with Gasteiger partial charge < -0.3 is 5.32 Å². The number of pyridine rings is 1. The first-order valence-electron chi connectivity index (χ1n) is 6.44. The van der Waals surface area contributed by atoms with Crippen molar-refractivity contribution in [1.82, 2.24) is 20.1 Å². The van der Waals surface area contributed by atoms with Crippen LogP contribution in [0.5, 0.6) is 0 Å². The van der Waals surface area contributed by atoms with Gasteiger partial charge in [0, 0.05) is 37.6 Å². The molecule has 0 bridgehead atoms. The first-order chi connectivity index (χ1) is 9.11. The van der Waals surface area contributed by atoms with E-state index in [-0.39, 0.29) is 6.04 Å². The van der Waals surface area contributed by atoms with Crippen LogP contribution in [0, 0.1) is 6.92 Å². The first-order valence-corrected chi connectivity index (χ1v) is 6.82. The second kappa shape index (κ2) is 6.17. The van der Waals surface area contributed by atoms with Gasteiger partial charge in [-0.2, -0.15) is 5.10 Å². The van der Waals surface area contributed by atoms with Crippen LogP contribution < -0.4 is 5.32 Å². The Balaban J connectivity index is 2.26. The zero-order valence-corrected chi connectivity index (χ0v) is 12.3. The highest BCUT2D eigenvalue weighted by molar-refractivity contribution is 6.31. The zero-order chi connectivity index (χ0) is 13.8. The summed E-state index contributed by atoms with van der Waals surface area (Å²) in [4.78, 5) is 4.04. The van der Waals surface area contributed by atoms with Crippen LogP contribution in [0.2, 0.25) is 5.02 Å². The number of hydrogen-bond acceptors (Lipinski definition) is 3. The minimum Gasteiger partial charge on any atom is -0.310 e. The van der Waals surface area contributed by atoms with Crippen LogP contribution in [0.25, 0.3) is 0 Å². The number of nitrogens with zero attached hydrogens (tertiary/aromatic N) is 3. The molecule has 2 aromatic rings. The van der Waals surface area contributed by atoms with Crippen LogP contribution in [-0.4, -0.2) is 21.3 Å². The summed E-state index contributed by atoms with van der Waals surface area (Å²) in [5.74, 6) is 0. The van der Waals surface area contributed by atoms with E-state index >= 15 is 0 Å². The van der Waals surface area contributed by atoms with Crippen LogP contribution in [-0.2, 0) is 13.5 Å². The Bertz CT molecular complexity index is 550. The summed E-state index contributed by atoms with van der Waals surface area (Å²) in [5, 5.41) is 8.56. The van der Waals surface area contributed by atoms with Crippen molar-refractivity contribution in [1.29, 1.82) is 0 Å². The highest BCUT2D eigenvalue weighted by Crippen LogP contribution is 2.24. The Labute approximate surface area is 118 Å². The molecule has 0 aliphatic carbocycles. The molecule has 2 aromatic heterocycles. The fourth-order valence-corrected chi connectivity index (χ4v) is 2.52. The molecular formula is C14H19ClN4. The molecule has 0 aliphatic rings. The van der Waals surface area contributed by atoms with E-state index in [1.54, 1.807) is 12.4 Å². The van der Waals surface area contributed by atoms with Gasteiger partial charge in [-0.25, -0.2) is 0 Å². The quantitative estimate of drug-likeness (QED) is 0.914. The number of aromatic nitrogens is 3. The van der Waals surface area contributed by atoms with Gasteiger partial charge >= 0.3 is 0 Å². The molecule has 0 aliphatic heterocycles. The Morgan fingerprint density at radius 2 is 2.26 bits per heavy atom. The first kappa shape index (κ1) is 14.0. The van der Waals surface area contributed by atoms with Gasteiger partial charge in [0.05, 0.1) is 10.7 Å². The number of halogens is 1. The average molecular weight is 279 g/mol. The average Bonchev–Trinajstić information content (AvgIpc) is 2.68. The standard InChI is InChI=1S/C14H19ClN4/c1-4-17-14(12-5-6-16-9-13(12)15)8-11-7-10(2)18-19(11)3/h5-7,9,14,17H,4,8H2,1-3H3. The van der Waals surface area contributed by atoms with Crippen molar-refractivity contribution in [3.05, 3.63) is 46.5 Å². The lowest BCUT2D eigenvalue weighted by Gasteiger charge is -2.19. The highest BCUT2D eigenvalue weighted by atomic mass is 35.5. The fourth-order valence-electron chi connectivity index (χ4n) is 2.27. The van der Waals surface area contributed by atoms with Crippen LogP contribution in [0.4, 0.5) is 0 Å². The Morgan fingerprint density at radius 3 is 2.84 bits per heavy atom. The molecular weight excluding hydrogens is 260 g/mol. The summed E-state index contributed by atoms with van der Waals surface area (Å²) in [6.07, 6.45) is 4.32. The van der Waals surface area contributed by atoms with Crippen molar-refractivity contribution in [2.75, 3.05) is 6.54 Å². The lowest BCUT2D eigenvalue weighted by Crippen LogP contribution is -2.24. The molecule has 0 saturated carbocycles. The summed E-state index contributed by atoms with van der Waals surface area (Å²) in [6, 6.07) is 4.26. The lowest BCUT2D eigenvalue weighted by molar-refractivity contribution is 0.528. The molecule has 5 heteroatoms. The molecule has 19 heavy (non-hydrogen) atoms. The van der Waals surface area contributed by atoms with E-state index in [2.05, 4.69) is 28.4 Å². The Kier molecular flexibility index (Phi) is 4.56. The normalized spacial score (nSPS) is 12.6. The molecule has 0 aromatic carbocycles. The summed E-state index contributed by atoms with van der Waals surface area (Å²) in [5.41, 5.74) is 3.31. The van der Waals surface area contributed by atoms with Crippen molar-refractivity contribution >= 4 is 11.6 Å². The third-order valence-electron chi connectivity index (χ3n) is 3.14. The van der Waals surface area contributed by atoms with Crippen LogP contribution in [0.3, 0.4) is 0 Å². The van der Waals surface area contributed by atoms with E-state index in [9.17, 15) is 0 Å². The predicted molar refractivity (Wildman–Crippen MR) is 77.3 cm³/mol. The van der Waals surface area contributed by atoms with Crippen molar-refractivity contribution in [3.63, 3.8) is 0 Å². The van der Waals surface area contributed by atoms with Gasteiger partial charge in [-0.05, 0) is 31.2 Å². The number of hydrogen-bond donors (Lipinski definition) is 1. The van der Waals surface area contributed by atoms with Crippen molar-refractivity contribution < 1.29 is 0 Å². The van der Waals surface area contributed by atoms with Crippen LogP contribution in [0.15, 0.2) is 24.5 Å². The van der Waals surface area contributed by atoms with E-state index in [0.29, 0.717) is 5.02 Å². The summed E-state index contributed by atoms with van der Waals surface area (Å²) in [7, 11) is 1.97. The van der Waals surface area contributed by atoms with E-state index in [4.69, 9.17) is 11.6 Å². The van der Waals surface area contributed by atoms with Gasteiger partial charge in [-0.1, -0.05) is 18.5 Å².